The maximum Gasteiger partial charge on any atom is 0.288 e. The Labute approximate surface area is 135 Å². The summed E-state index contributed by atoms with van der Waals surface area (Å²) in [6.45, 7) is -0.299. The van der Waals surface area contributed by atoms with Crippen LogP contribution in [0.5, 0.6) is 0 Å². The van der Waals surface area contributed by atoms with Gasteiger partial charge in [-0.2, -0.15) is 5.26 Å². The van der Waals surface area contributed by atoms with Crippen molar-refractivity contribution in [3.63, 3.8) is 0 Å². The molecule has 1 N–H and O–H groups in total. The molecule has 1 aromatic carbocycles. The Morgan fingerprint density at radius 1 is 1.54 bits per heavy atom. The van der Waals surface area contributed by atoms with Crippen molar-refractivity contribution in [2.75, 3.05) is 25.5 Å². The summed E-state index contributed by atoms with van der Waals surface area (Å²) in [5.41, 5.74) is 0.397. The first-order valence-electron chi connectivity index (χ1n) is 7.12. The van der Waals surface area contributed by atoms with E-state index in [9.17, 15) is 24.2 Å². The third-order valence-electron chi connectivity index (χ3n) is 3.99. The summed E-state index contributed by atoms with van der Waals surface area (Å²) in [6.07, 6.45) is 1.09. The van der Waals surface area contributed by atoms with E-state index in [0.717, 1.165) is 6.20 Å². The Bertz CT molecular complexity index is 865. The van der Waals surface area contributed by atoms with E-state index in [4.69, 9.17) is 0 Å². The Kier molecular flexibility index (Phi) is 3.77. The number of nitriles is 1. The number of benzene rings is 1. The quantitative estimate of drug-likeness (QED) is 0.684. The van der Waals surface area contributed by atoms with Gasteiger partial charge in [0.2, 0.25) is 0 Å². The molecule has 0 aliphatic carbocycles. The number of anilines is 1. The fraction of sp³-hybridized carbons (Fsp3) is 0.333. The molecule has 0 bridgehead atoms. The highest BCUT2D eigenvalue weighted by Gasteiger charge is 2.47. The van der Waals surface area contributed by atoms with Crippen molar-refractivity contribution in [3.8, 4) is 6.07 Å². The maximum atomic E-state index is 14.1. The van der Waals surface area contributed by atoms with Gasteiger partial charge in [-0.15, -0.1) is 0 Å². The molecule has 1 fully saturated rings. The van der Waals surface area contributed by atoms with E-state index >= 15 is 0 Å². The van der Waals surface area contributed by atoms with Crippen LogP contribution in [0, 0.1) is 21.4 Å². The van der Waals surface area contributed by atoms with Crippen LogP contribution in [0.2, 0.25) is 0 Å². The maximum absolute atomic E-state index is 14.1. The topological polar surface area (TPSA) is 95.1 Å². The molecule has 2 aromatic rings. The molecule has 7 nitrogen and oxygen atoms in total. The van der Waals surface area contributed by atoms with Crippen molar-refractivity contribution in [1.82, 2.24) is 9.88 Å². The van der Waals surface area contributed by atoms with E-state index in [1.54, 1.807) is 7.05 Å². The summed E-state index contributed by atoms with van der Waals surface area (Å²) >= 11 is 0. The third-order valence-corrected chi connectivity index (χ3v) is 3.99. The standard InChI is InChI=1S/C15H13F2N5O2/c1-21-7-13(15(16,17)8-21)20-14-9(5-18)2-3-12-11(14)4-10(6-19-12)22(23)24/h2-4,6,13,20H,7-8H2,1H3. The molecule has 3 rings (SSSR count). The summed E-state index contributed by atoms with van der Waals surface area (Å²) in [7, 11) is 1.58. The lowest BCUT2D eigenvalue weighted by atomic mass is 10.1. The summed E-state index contributed by atoms with van der Waals surface area (Å²) in [5, 5.41) is 23.2. The monoisotopic (exact) mass is 333 g/mol. The molecule has 24 heavy (non-hydrogen) atoms. The van der Waals surface area contributed by atoms with Crippen molar-refractivity contribution < 1.29 is 13.7 Å². The molecule has 1 aliphatic rings. The number of nitro groups is 1. The van der Waals surface area contributed by atoms with Crippen LogP contribution in [0.4, 0.5) is 20.2 Å². The van der Waals surface area contributed by atoms with Crippen LogP contribution in [-0.4, -0.2) is 46.9 Å². The van der Waals surface area contributed by atoms with Crippen LogP contribution >= 0.6 is 0 Å². The van der Waals surface area contributed by atoms with Crippen molar-refractivity contribution >= 4 is 22.3 Å². The smallest absolute Gasteiger partial charge is 0.288 e. The molecular formula is C15H13F2N5O2. The number of hydrogen-bond acceptors (Lipinski definition) is 6. The van der Waals surface area contributed by atoms with Gasteiger partial charge in [-0.25, -0.2) is 13.8 Å². The zero-order valence-corrected chi connectivity index (χ0v) is 12.7. The molecule has 9 heteroatoms. The largest absolute Gasteiger partial charge is 0.374 e. The number of fused-ring (bicyclic) bond motifs is 1. The van der Waals surface area contributed by atoms with E-state index in [1.807, 2.05) is 6.07 Å². The first-order chi connectivity index (χ1) is 11.3. The summed E-state index contributed by atoms with van der Waals surface area (Å²) < 4.78 is 28.2. The van der Waals surface area contributed by atoms with Crippen molar-refractivity contribution in [1.29, 1.82) is 5.26 Å². The van der Waals surface area contributed by atoms with Crippen molar-refractivity contribution in [2.45, 2.75) is 12.0 Å². The van der Waals surface area contributed by atoms with Gasteiger partial charge >= 0.3 is 0 Å². The SMILES string of the molecule is CN1CC(Nc2c(C#N)ccc3ncc([N+](=O)[O-])cc23)C(F)(F)C1. The van der Waals surface area contributed by atoms with Gasteiger partial charge in [0.15, 0.2) is 0 Å². The number of likely N-dealkylation sites (N-methyl/N-ethyl adjacent to an activating group) is 1. The minimum atomic E-state index is -2.97. The number of nitrogens with zero attached hydrogens (tertiary/aromatic N) is 4. The number of rotatable bonds is 3. The second-order valence-corrected chi connectivity index (χ2v) is 5.77. The second kappa shape index (κ2) is 5.65. The summed E-state index contributed by atoms with van der Waals surface area (Å²) in [4.78, 5) is 15.8. The zero-order valence-electron chi connectivity index (χ0n) is 12.7. The third kappa shape index (κ3) is 2.72. The molecular weight excluding hydrogens is 320 g/mol. The lowest BCUT2D eigenvalue weighted by Crippen LogP contribution is -2.38. The highest BCUT2D eigenvalue weighted by atomic mass is 19.3. The molecule has 124 valence electrons. The Morgan fingerprint density at radius 3 is 2.88 bits per heavy atom. The van der Waals surface area contributed by atoms with E-state index in [1.165, 1.54) is 23.1 Å². The summed E-state index contributed by atoms with van der Waals surface area (Å²) in [6, 6.07) is 4.96. The van der Waals surface area contributed by atoms with Gasteiger partial charge in [-0.1, -0.05) is 0 Å². The number of nitrogens with one attached hydrogen (secondary N) is 1. The summed E-state index contributed by atoms with van der Waals surface area (Å²) in [5.74, 6) is -2.97. The van der Waals surface area contributed by atoms with E-state index in [2.05, 4.69) is 10.3 Å². The average molecular weight is 333 g/mol. The molecule has 0 saturated carbocycles. The predicted molar refractivity (Wildman–Crippen MR) is 83.0 cm³/mol. The van der Waals surface area contributed by atoms with Gasteiger partial charge in [0.05, 0.1) is 28.2 Å². The minimum Gasteiger partial charge on any atom is -0.374 e. The van der Waals surface area contributed by atoms with Crippen LogP contribution < -0.4 is 5.32 Å². The van der Waals surface area contributed by atoms with Crippen LogP contribution in [-0.2, 0) is 0 Å². The molecule has 1 unspecified atom stereocenters. The van der Waals surface area contributed by atoms with Gasteiger partial charge < -0.3 is 5.32 Å². The minimum absolute atomic E-state index is 0.0939. The molecule has 2 heterocycles. The van der Waals surface area contributed by atoms with Gasteiger partial charge in [-0.3, -0.25) is 15.0 Å². The first-order valence-corrected chi connectivity index (χ1v) is 7.12. The molecule has 1 aliphatic heterocycles. The Hall–Kier alpha value is -2.86. The predicted octanol–water partition coefficient (Wildman–Crippen LogP) is 2.38. The Morgan fingerprint density at radius 2 is 2.29 bits per heavy atom. The van der Waals surface area contributed by atoms with Crippen molar-refractivity contribution in [3.05, 3.63) is 40.1 Å². The van der Waals surface area contributed by atoms with Crippen LogP contribution in [0.15, 0.2) is 24.4 Å². The fourth-order valence-corrected chi connectivity index (χ4v) is 2.84. The molecule has 1 saturated heterocycles. The number of pyridine rings is 1. The number of alkyl halides is 2. The molecule has 0 spiro atoms. The number of hydrogen-bond donors (Lipinski definition) is 1. The van der Waals surface area contributed by atoms with Crippen LogP contribution in [0.3, 0.4) is 0 Å². The number of aromatic nitrogens is 1. The first kappa shape index (κ1) is 16.0. The van der Waals surface area contributed by atoms with E-state index in [-0.39, 0.29) is 28.9 Å². The second-order valence-electron chi connectivity index (χ2n) is 5.77. The van der Waals surface area contributed by atoms with Crippen LogP contribution in [0.1, 0.15) is 5.56 Å². The average Bonchev–Trinajstić information content (AvgIpc) is 2.78. The molecule has 1 atom stereocenters. The normalized spacial score (nSPS) is 20.0. The highest BCUT2D eigenvalue weighted by molar-refractivity contribution is 5.95. The molecule has 0 amide bonds. The van der Waals surface area contributed by atoms with E-state index in [0.29, 0.717) is 5.52 Å². The molecule has 1 aromatic heterocycles. The lowest BCUT2D eigenvalue weighted by molar-refractivity contribution is -0.385. The number of likely N-dealkylation sites (tertiary alicyclic amines) is 1. The Balaban J connectivity index is 2.12. The van der Waals surface area contributed by atoms with Gasteiger partial charge in [-0.05, 0) is 19.2 Å². The number of halogens is 2. The zero-order chi connectivity index (χ0) is 17.5. The van der Waals surface area contributed by atoms with Gasteiger partial charge in [0.1, 0.15) is 18.3 Å². The van der Waals surface area contributed by atoms with Crippen LogP contribution in [0.25, 0.3) is 10.9 Å². The van der Waals surface area contributed by atoms with Crippen molar-refractivity contribution in [2.24, 2.45) is 0 Å². The molecule has 0 radical (unpaired) electrons. The van der Waals surface area contributed by atoms with E-state index < -0.39 is 23.4 Å². The lowest BCUT2D eigenvalue weighted by Gasteiger charge is -2.22. The highest BCUT2D eigenvalue weighted by Crippen LogP contribution is 2.34. The van der Waals surface area contributed by atoms with Gasteiger partial charge in [0, 0.05) is 18.0 Å². The fourth-order valence-electron chi connectivity index (χ4n) is 2.84. The van der Waals surface area contributed by atoms with Gasteiger partial charge in [0.25, 0.3) is 11.6 Å².